The molecule has 1 amide bonds. The Kier molecular flexibility index (Phi) is 6.43. The lowest BCUT2D eigenvalue weighted by Gasteiger charge is -2.32. The van der Waals surface area contributed by atoms with E-state index in [4.69, 9.17) is 0 Å². The van der Waals surface area contributed by atoms with Crippen LogP contribution in [0.15, 0.2) is 71.4 Å². The fourth-order valence-electron chi connectivity index (χ4n) is 4.15. The van der Waals surface area contributed by atoms with Gasteiger partial charge in [-0.2, -0.15) is 11.3 Å². The smallest absolute Gasteiger partial charge is 0.223 e. The van der Waals surface area contributed by atoms with Gasteiger partial charge in [0.2, 0.25) is 5.91 Å². The minimum Gasteiger partial charge on any atom is -0.345 e. The van der Waals surface area contributed by atoms with Crippen LogP contribution in [0.2, 0.25) is 0 Å². The van der Waals surface area contributed by atoms with Crippen LogP contribution < -0.4 is 5.32 Å². The molecule has 0 radical (unpaired) electrons. The van der Waals surface area contributed by atoms with Gasteiger partial charge in [0.1, 0.15) is 0 Å². The molecule has 1 aliphatic rings. The van der Waals surface area contributed by atoms with Crippen molar-refractivity contribution in [3.05, 3.63) is 93.7 Å². The number of likely N-dealkylation sites (tertiary alicyclic amines) is 1. The molecule has 0 spiro atoms. The van der Waals surface area contributed by atoms with Crippen molar-refractivity contribution in [2.75, 3.05) is 13.1 Å². The van der Waals surface area contributed by atoms with Gasteiger partial charge in [-0.1, -0.05) is 54.6 Å². The molecule has 0 aliphatic carbocycles. The predicted octanol–water partition coefficient (Wildman–Crippen LogP) is 5.17. The molecule has 0 bridgehead atoms. The molecule has 1 saturated heterocycles. The standard InChI is InChI=1S/C25H28N2OS/c1-19-7-5-6-10-23(19)24(22-13-16-29-18-22)26-25(28)21-11-14-27(15-12-21)17-20-8-3-2-4-9-20/h2-10,13,16,18,21,24H,11-12,14-15,17H2,1H3,(H,26,28). The Morgan fingerprint density at radius 3 is 2.48 bits per heavy atom. The van der Waals surface area contributed by atoms with Crippen LogP contribution in [0.25, 0.3) is 0 Å². The van der Waals surface area contributed by atoms with E-state index in [1.165, 1.54) is 22.3 Å². The number of rotatable bonds is 6. The highest BCUT2D eigenvalue weighted by molar-refractivity contribution is 7.08. The van der Waals surface area contributed by atoms with Gasteiger partial charge in [-0.3, -0.25) is 9.69 Å². The normalized spacial score (nSPS) is 16.4. The molecule has 2 heterocycles. The lowest BCUT2D eigenvalue weighted by molar-refractivity contribution is -0.127. The third-order valence-electron chi connectivity index (χ3n) is 5.87. The monoisotopic (exact) mass is 404 g/mol. The number of aryl methyl sites for hydroxylation is 1. The SMILES string of the molecule is Cc1ccccc1C(NC(=O)C1CCN(Cc2ccccc2)CC1)c1ccsc1. The highest BCUT2D eigenvalue weighted by atomic mass is 32.1. The van der Waals surface area contributed by atoms with Crippen molar-refractivity contribution >= 4 is 17.2 Å². The summed E-state index contributed by atoms with van der Waals surface area (Å²) in [6.45, 7) is 5.03. The number of thiophene rings is 1. The molecule has 1 atom stereocenters. The van der Waals surface area contributed by atoms with Crippen LogP contribution in [0.3, 0.4) is 0 Å². The number of hydrogen-bond donors (Lipinski definition) is 1. The molecule has 1 fully saturated rings. The molecule has 1 aromatic heterocycles. The van der Waals surface area contributed by atoms with Crippen LogP contribution in [-0.2, 0) is 11.3 Å². The summed E-state index contributed by atoms with van der Waals surface area (Å²) in [7, 11) is 0. The molecule has 0 saturated carbocycles. The number of piperidine rings is 1. The van der Waals surface area contributed by atoms with Crippen molar-refractivity contribution < 1.29 is 4.79 Å². The maximum absolute atomic E-state index is 13.1. The Morgan fingerprint density at radius 2 is 1.79 bits per heavy atom. The lowest BCUT2D eigenvalue weighted by atomic mass is 9.92. The van der Waals surface area contributed by atoms with Crippen molar-refractivity contribution in [2.24, 2.45) is 5.92 Å². The largest absolute Gasteiger partial charge is 0.345 e. The fraction of sp³-hybridized carbons (Fsp3) is 0.320. The second kappa shape index (κ2) is 9.38. The molecule has 1 unspecified atom stereocenters. The van der Waals surface area contributed by atoms with E-state index in [0.29, 0.717) is 0 Å². The Balaban J connectivity index is 1.39. The van der Waals surface area contributed by atoms with E-state index in [9.17, 15) is 4.79 Å². The summed E-state index contributed by atoms with van der Waals surface area (Å²) in [5.41, 5.74) is 4.90. The molecule has 2 aromatic carbocycles. The van der Waals surface area contributed by atoms with Crippen molar-refractivity contribution in [3.63, 3.8) is 0 Å². The first kappa shape index (κ1) is 19.9. The average Bonchev–Trinajstić information content (AvgIpc) is 3.28. The summed E-state index contributed by atoms with van der Waals surface area (Å²) in [4.78, 5) is 15.6. The van der Waals surface area contributed by atoms with E-state index < -0.39 is 0 Å². The topological polar surface area (TPSA) is 32.3 Å². The molecule has 1 N–H and O–H groups in total. The van der Waals surface area contributed by atoms with Gasteiger partial charge in [-0.15, -0.1) is 0 Å². The summed E-state index contributed by atoms with van der Waals surface area (Å²) in [5.74, 6) is 0.274. The zero-order chi connectivity index (χ0) is 20.1. The van der Waals surface area contributed by atoms with Crippen molar-refractivity contribution in [1.29, 1.82) is 0 Å². The number of carbonyl (C=O) groups is 1. The average molecular weight is 405 g/mol. The van der Waals surface area contributed by atoms with Crippen molar-refractivity contribution in [2.45, 2.75) is 32.4 Å². The Morgan fingerprint density at radius 1 is 1.07 bits per heavy atom. The zero-order valence-corrected chi connectivity index (χ0v) is 17.7. The van der Waals surface area contributed by atoms with Crippen LogP contribution in [-0.4, -0.2) is 23.9 Å². The fourth-order valence-corrected chi connectivity index (χ4v) is 4.83. The quantitative estimate of drug-likeness (QED) is 0.614. The summed E-state index contributed by atoms with van der Waals surface area (Å²) in [5, 5.41) is 7.58. The van der Waals surface area contributed by atoms with Gasteiger partial charge in [-0.05, 0) is 71.9 Å². The first-order valence-electron chi connectivity index (χ1n) is 10.3. The van der Waals surface area contributed by atoms with Crippen LogP contribution >= 0.6 is 11.3 Å². The van der Waals surface area contributed by atoms with Gasteiger partial charge in [0.05, 0.1) is 6.04 Å². The molecule has 4 heteroatoms. The molecule has 29 heavy (non-hydrogen) atoms. The first-order chi connectivity index (χ1) is 14.2. The second-order valence-electron chi connectivity index (χ2n) is 7.89. The van der Waals surface area contributed by atoms with Gasteiger partial charge >= 0.3 is 0 Å². The Bertz CT molecular complexity index is 915. The van der Waals surface area contributed by atoms with E-state index in [2.05, 4.69) is 82.5 Å². The zero-order valence-electron chi connectivity index (χ0n) is 16.9. The van der Waals surface area contributed by atoms with E-state index in [0.717, 1.165) is 32.5 Å². The van der Waals surface area contributed by atoms with Gasteiger partial charge in [-0.25, -0.2) is 0 Å². The molecular formula is C25H28N2OS. The maximum Gasteiger partial charge on any atom is 0.223 e. The van der Waals surface area contributed by atoms with Crippen LogP contribution in [0, 0.1) is 12.8 Å². The van der Waals surface area contributed by atoms with Gasteiger partial charge in [0.15, 0.2) is 0 Å². The summed E-state index contributed by atoms with van der Waals surface area (Å²) in [6.07, 6.45) is 1.84. The number of nitrogens with one attached hydrogen (secondary N) is 1. The minimum absolute atomic E-state index is 0.0719. The molecule has 3 aromatic rings. The molecule has 3 nitrogen and oxygen atoms in total. The lowest BCUT2D eigenvalue weighted by Crippen LogP contribution is -2.41. The molecular weight excluding hydrogens is 376 g/mol. The summed E-state index contributed by atoms with van der Waals surface area (Å²) in [6, 6.07) is 21.0. The van der Waals surface area contributed by atoms with Crippen molar-refractivity contribution in [1.82, 2.24) is 10.2 Å². The minimum atomic E-state index is -0.0719. The Labute approximate surface area is 177 Å². The van der Waals surface area contributed by atoms with E-state index >= 15 is 0 Å². The summed E-state index contributed by atoms with van der Waals surface area (Å²) >= 11 is 1.67. The van der Waals surface area contributed by atoms with Crippen molar-refractivity contribution in [3.8, 4) is 0 Å². The Hall–Kier alpha value is -2.43. The number of nitrogens with zero attached hydrogens (tertiary/aromatic N) is 1. The first-order valence-corrected chi connectivity index (χ1v) is 11.3. The highest BCUT2D eigenvalue weighted by Crippen LogP contribution is 2.28. The second-order valence-corrected chi connectivity index (χ2v) is 8.67. The third-order valence-corrected chi connectivity index (χ3v) is 6.57. The number of carbonyl (C=O) groups excluding carboxylic acids is 1. The molecule has 4 rings (SSSR count). The maximum atomic E-state index is 13.1. The van der Waals surface area contributed by atoms with Gasteiger partial charge in [0, 0.05) is 12.5 Å². The van der Waals surface area contributed by atoms with Crippen LogP contribution in [0.5, 0.6) is 0 Å². The number of benzene rings is 2. The molecule has 150 valence electrons. The summed E-state index contributed by atoms with van der Waals surface area (Å²) < 4.78 is 0. The van der Waals surface area contributed by atoms with Crippen LogP contribution in [0.1, 0.15) is 41.1 Å². The third kappa shape index (κ3) is 4.95. The predicted molar refractivity (Wildman–Crippen MR) is 120 cm³/mol. The van der Waals surface area contributed by atoms with E-state index in [1.54, 1.807) is 11.3 Å². The van der Waals surface area contributed by atoms with Gasteiger partial charge < -0.3 is 5.32 Å². The number of hydrogen-bond acceptors (Lipinski definition) is 3. The molecule has 1 aliphatic heterocycles. The highest BCUT2D eigenvalue weighted by Gasteiger charge is 2.28. The van der Waals surface area contributed by atoms with E-state index in [-0.39, 0.29) is 17.9 Å². The van der Waals surface area contributed by atoms with Crippen LogP contribution in [0.4, 0.5) is 0 Å². The van der Waals surface area contributed by atoms with Gasteiger partial charge in [0.25, 0.3) is 0 Å². The van der Waals surface area contributed by atoms with E-state index in [1.807, 2.05) is 6.07 Å². The number of amides is 1.